The molecule has 6 nitrogen and oxygen atoms in total. The molecule has 1 heterocycles. The van der Waals surface area contributed by atoms with Crippen LogP contribution in [0.4, 0.5) is 0 Å². The van der Waals surface area contributed by atoms with Gasteiger partial charge in [-0.1, -0.05) is 57.8 Å². The number of likely N-dealkylation sites (tertiary alicyclic amines) is 1. The molecule has 1 aliphatic carbocycles. The molecular weight excluding hydrogens is 364 g/mol. The first-order valence-electron chi connectivity index (χ1n) is 11.6. The van der Waals surface area contributed by atoms with Gasteiger partial charge < -0.3 is 15.5 Å². The highest BCUT2D eigenvalue weighted by molar-refractivity contribution is 5.97. The average Bonchev–Trinajstić information content (AvgIpc) is 3.11. The lowest BCUT2D eigenvalue weighted by molar-refractivity contribution is -0.127. The van der Waals surface area contributed by atoms with Crippen LogP contribution < -0.4 is 10.6 Å². The van der Waals surface area contributed by atoms with Crippen LogP contribution in [0.1, 0.15) is 89.9 Å². The molecule has 1 saturated carbocycles. The summed E-state index contributed by atoms with van der Waals surface area (Å²) in [5.41, 5.74) is 0.133. The minimum Gasteiger partial charge on any atom is -0.390 e. The lowest BCUT2D eigenvalue weighted by Gasteiger charge is -2.19. The summed E-state index contributed by atoms with van der Waals surface area (Å²) in [5.74, 6) is -0.0403. The van der Waals surface area contributed by atoms with Gasteiger partial charge in [0, 0.05) is 38.3 Å². The zero-order valence-corrected chi connectivity index (χ0v) is 17.9. The molecule has 0 aromatic heterocycles. The summed E-state index contributed by atoms with van der Waals surface area (Å²) in [6.07, 6.45) is 17.3. The van der Waals surface area contributed by atoms with E-state index in [4.69, 9.17) is 0 Å². The molecule has 0 bridgehead atoms. The summed E-state index contributed by atoms with van der Waals surface area (Å²) >= 11 is 0. The second kappa shape index (κ2) is 14.0. The Morgan fingerprint density at radius 3 is 2.21 bits per heavy atom. The third kappa shape index (κ3) is 9.34. The highest BCUT2D eigenvalue weighted by atomic mass is 16.2. The Kier molecular flexibility index (Phi) is 11.3. The Labute approximate surface area is 176 Å². The number of amides is 2. The molecule has 29 heavy (non-hydrogen) atoms. The Morgan fingerprint density at radius 1 is 1.03 bits per heavy atom. The van der Waals surface area contributed by atoms with Gasteiger partial charge in [0.25, 0.3) is 5.91 Å². The van der Waals surface area contributed by atoms with Crippen LogP contribution >= 0.6 is 0 Å². The van der Waals surface area contributed by atoms with Crippen LogP contribution in [0.25, 0.3) is 0 Å². The van der Waals surface area contributed by atoms with E-state index in [1.165, 1.54) is 51.1 Å². The van der Waals surface area contributed by atoms with Gasteiger partial charge in [0.2, 0.25) is 5.91 Å². The molecule has 2 fully saturated rings. The minimum atomic E-state index is -0.271. The molecule has 2 N–H and O–H groups in total. The predicted molar refractivity (Wildman–Crippen MR) is 115 cm³/mol. The Hall–Kier alpha value is -2.03. The fourth-order valence-electron chi connectivity index (χ4n) is 4.21. The molecule has 1 aliphatic heterocycles. The molecule has 2 amide bonds. The Balaban J connectivity index is 1.73. The van der Waals surface area contributed by atoms with Crippen LogP contribution in [0.2, 0.25) is 0 Å². The van der Waals surface area contributed by atoms with E-state index in [0.717, 1.165) is 51.6 Å². The molecule has 6 heteroatoms. The van der Waals surface area contributed by atoms with E-state index >= 15 is 0 Å². The van der Waals surface area contributed by atoms with E-state index in [1.54, 1.807) is 0 Å². The Morgan fingerprint density at radius 2 is 1.66 bits per heavy atom. The van der Waals surface area contributed by atoms with Crippen molar-refractivity contribution in [2.45, 2.75) is 95.9 Å². The van der Waals surface area contributed by atoms with Crippen molar-refractivity contribution in [1.29, 1.82) is 5.26 Å². The third-order valence-electron chi connectivity index (χ3n) is 5.97. The summed E-state index contributed by atoms with van der Waals surface area (Å²) < 4.78 is 0. The van der Waals surface area contributed by atoms with E-state index < -0.39 is 0 Å². The van der Waals surface area contributed by atoms with Crippen molar-refractivity contribution in [2.75, 3.05) is 19.6 Å². The van der Waals surface area contributed by atoms with Gasteiger partial charge >= 0.3 is 0 Å². The summed E-state index contributed by atoms with van der Waals surface area (Å²) in [7, 11) is 0. The quantitative estimate of drug-likeness (QED) is 0.385. The highest BCUT2D eigenvalue weighted by Gasteiger charge is 2.19. The number of hydrogen-bond donors (Lipinski definition) is 2. The SMILES string of the molecule is N#C/C(=C/NCCCN1CCCC1=O)C(=O)NC1CCCCCCCCCCC1. The van der Waals surface area contributed by atoms with Gasteiger partial charge in [-0.25, -0.2) is 0 Å². The minimum absolute atomic E-state index is 0.133. The van der Waals surface area contributed by atoms with Gasteiger partial charge in [-0.05, 0) is 25.7 Å². The first kappa shape index (κ1) is 23.3. The van der Waals surface area contributed by atoms with Gasteiger partial charge in [0.1, 0.15) is 11.6 Å². The molecule has 2 rings (SSSR count). The molecule has 0 radical (unpaired) electrons. The van der Waals surface area contributed by atoms with Gasteiger partial charge in [0.05, 0.1) is 0 Å². The van der Waals surface area contributed by atoms with Crippen LogP contribution in [0, 0.1) is 11.3 Å². The van der Waals surface area contributed by atoms with Crippen LogP contribution in [-0.2, 0) is 9.59 Å². The highest BCUT2D eigenvalue weighted by Crippen LogP contribution is 2.17. The molecule has 162 valence electrons. The van der Waals surface area contributed by atoms with Crippen molar-refractivity contribution in [3.63, 3.8) is 0 Å². The van der Waals surface area contributed by atoms with Crippen LogP contribution in [0.3, 0.4) is 0 Å². The Bertz CT molecular complexity index is 570. The predicted octanol–water partition coefficient (Wildman–Crippen LogP) is 3.79. The van der Waals surface area contributed by atoms with Crippen LogP contribution in [0.15, 0.2) is 11.8 Å². The zero-order chi connectivity index (χ0) is 20.7. The summed E-state index contributed by atoms with van der Waals surface area (Å²) in [6.45, 7) is 2.23. The van der Waals surface area contributed by atoms with E-state index in [9.17, 15) is 14.9 Å². The molecule has 0 aromatic rings. The maximum absolute atomic E-state index is 12.5. The molecule has 0 unspecified atom stereocenters. The molecule has 0 atom stereocenters. The van der Waals surface area contributed by atoms with Crippen LogP contribution in [0.5, 0.6) is 0 Å². The normalized spacial score (nSPS) is 20.4. The smallest absolute Gasteiger partial charge is 0.263 e. The monoisotopic (exact) mass is 402 g/mol. The lowest BCUT2D eigenvalue weighted by Crippen LogP contribution is -2.36. The van der Waals surface area contributed by atoms with Gasteiger partial charge in [-0.2, -0.15) is 5.26 Å². The number of carbonyl (C=O) groups excluding carboxylic acids is 2. The number of rotatable bonds is 7. The van der Waals surface area contributed by atoms with E-state index in [-0.39, 0.29) is 23.4 Å². The molecule has 1 saturated heterocycles. The van der Waals surface area contributed by atoms with Crippen molar-refractivity contribution < 1.29 is 9.59 Å². The summed E-state index contributed by atoms with van der Waals surface area (Å²) in [5, 5.41) is 15.5. The maximum Gasteiger partial charge on any atom is 0.263 e. The largest absolute Gasteiger partial charge is 0.390 e. The number of nitrogens with one attached hydrogen (secondary N) is 2. The zero-order valence-electron chi connectivity index (χ0n) is 17.9. The third-order valence-corrected chi connectivity index (χ3v) is 5.97. The van der Waals surface area contributed by atoms with Crippen molar-refractivity contribution in [3.05, 3.63) is 11.8 Å². The fourth-order valence-corrected chi connectivity index (χ4v) is 4.21. The second-order valence-electron chi connectivity index (χ2n) is 8.39. The molecule has 2 aliphatic rings. The van der Waals surface area contributed by atoms with E-state index in [1.807, 2.05) is 11.0 Å². The average molecular weight is 403 g/mol. The van der Waals surface area contributed by atoms with Crippen molar-refractivity contribution in [2.24, 2.45) is 0 Å². The first-order valence-corrected chi connectivity index (χ1v) is 11.6. The fraction of sp³-hybridized carbons (Fsp3) is 0.783. The first-order chi connectivity index (χ1) is 14.2. The van der Waals surface area contributed by atoms with Crippen molar-refractivity contribution >= 4 is 11.8 Å². The topological polar surface area (TPSA) is 85.2 Å². The van der Waals surface area contributed by atoms with Gasteiger partial charge in [-0.3, -0.25) is 9.59 Å². The maximum atomic E-state index is 12.5. The number of hydrogen-bond acceptors (Lipinski definition) is 4. The van der Waals surface area contributed by atoms with E-state index in [2.05, 4.69) is 10.6 Å². The number of nitrogens with zero attached hydrogens (tertiary/aromatic N) is 2. The number of nitriles is 1. The van der Waals surface area contributed by atoms with Gasteiger partial charge in [0.15, 0.2) is 0 Å². The van der Waals surface area contributed by atoms with E-state index in [0.29, 0.717) is 13.0 Å². The summed E-state index contributed by atoms with van der Waals surface area (Å²) in [6, 6.07) is 2.19. The molecule has 0 spiro atoms. The van der Waals surface area contributed by atoms with Crippen molar-refractivity contribution in [3.8, 4) is 6.07 Å². The lowest BCUT2D eigenvalue weighted by atomic mass is 9.98. The summed E-state index contributed by atoms with van der Waals surface area (Å²) in [4.78, 5) is 26.0. The van der Waals surface area contributed by atoms with Crippen molar-refractivity contribution in [1.82, 2.24) is 15.5 Å². The molecular formula is C23H38N4O2. The molecule has 0 aromatic carbocycles. The number of carbonyl (C=O) groups is 2. The van der Waals surface area contributed by atoms with Gasteiger partial charge in [-0.15, -0.1) is 0 Å². The van der Waals surface area contributed by atoms with Crippen LogP contribution in [-0.4, -0.2) is 42.4 Å². The standard InChI is InChI=1S/C23H38N4O2/c24-18-20(19-25-15-11-17-27-16-10-14-22(27)28)23(29)26-21-12-8-6-4-2-1-3-5-7-9-13-21/h19,21,25H,1-17H2,(H,26,29)/b20-19-. The second-order valence-corrected chi connectivity index (χ2v) is 8.39.